The van der Waals surface area contributed by atoms with Gasteiger partial charge in [-0.25, -0.2) is 4.79 Å². The second kappa shape index (κ2) is 8.01. The summed E-state index contributed by atoms with van der Waals surface area (Å²) in [7, 11) is 3.04. The van der Waals surface area contributed by atoms with Crippen molar-refractivity contribution in [3.05, 3.63) is 53.6 Å². The lowest BCUT2D eigenvalue weighted by atomic mass is 10.0. The molecule has 6 nitrogen and oxygen atoms in total. The Morgan fingerprint density at radius 1 is 0.960 bits per heavy atom. The molecule has 25 heavy (non-hydrogen) atoms. The Hall–Kier alpha value is -3.28. The highest BCUT2D eigenvalue weighted by Gasteiger charge is 2.12. The van der Waals surface area contributed by atoms with Gasteiger partial charge in [0.1, 0.15) is 5.75 Å². The average Bonchev–Trinajstić information content (AvgIpc) is 2.59. The van der Waals surface area contributed by atoms with Gasteiger partial charge < -0.3 is 19.3 Å². The molecule has 6 heteroatoms. The number of aliphatic carboxylic acids is 1. The van der Waals surface area contributed by atoms with Gasteiger partial charge in [0, 0.05) is 6.92 Å². The first kappa shape index (κ1) is 18.1. The normalized spacial score (nSPS) is 10.9. The summed E-state index contributed by atoms with van der Waals surface area (Å²) in [6.45, 7) is 1.30. The third-order valence-corrected chi connectivity index (χ3v) is 3.38. The summed E-state index contributed by atoms with van der Waals surface area (Å²) in [5, 5.41) is 9.52. The number of carboxylic acid groups (broad SMARTS) is 1. The van der Waals surface area contributed by atoms with Gasteiger partial charge in [0.2, 0.25) is 0 Å². The van der Waals surface area contributed by atoms with Crippen molar-refractivity contribution in [2.24, 2.45) is 0 Å². The minimum atomic E-state index is -1.07. The van der Waals surface area contributed by atoms with E-state index in [1.165, 1.54) is 27.2 Å². The molecule has 0 saturated heterocycles. The van der Waals surface area contributed by atoms with Crippen LogP contribution in [0, 0.1) is 0 Å². The number of esters is 1. The Kier molecular flexibility index (Phi) is 5.79. The molecule has 0 fully saturated rings. The number of benzene rings is 2. The van der Waals surface area contributed by atoms with Gasteiger partial charge >= 0.3 is 11.9 Å². The summed E-state index contributed by atoms with van der Waals surface area (Å²) in [4.78, 5) is 22.6. The predicted octanol–water partition coefficient (Wildman–Crippen LogP) is 3.25. The maximum atomic E-state index is 11.6. The average molecular weight is 342 g/mol. The molecular formula is C19H18O6. The molecule has 0 aliphatic heterocycles. The minimum absolute atomic E-state index is 0.0987. The molecule has 0 radical (unpaired) electrons. The Balaban J connectivity index is 2.39. The summed E-state index contributed by atoms with van der Waals surface area (Å²) >= 11 is 0. The first-order chi connectivity index (χ1) is 11.9. The fourth-order valence-electron chi connectivity index (χ4n) is 2.25. The second-order valence-corrected chi connectivity index (χ2v) is 5.10. The Labute approximate surface area is 145 Å². The number of carbonyl (C=O) groups excluding carboxylic acids is 1. The molecule has 0 saturated carbocycles. The molecular weight excluding hydrogens is 324 g/mol. The number of methoxy groups -OCH3 is 2. The molecule has 2 aromatic rings. The van der Waals surface area contributed by atoms with Crippen molar-refractivity contribution in [1.82, 2.24) is 0 Å². The van der Waals surface area contributed by atoms with Crippen molar-refractivity contribution in [1.29, 1.82) is 0 Å². The van der Waals surface area contributed by atoms with Crippen LogP contribution in [-0.2, 0) is 9.59 Å². The van der Waals surface area contributed by atoms with Gasteiger partial charge in [-0.05, 0) is 41.5 Å². The smallest absolute Gasteiger partial charge is 0.336 e. The molecule has 0 amide bonds. The van der Waals surface area contributed by atoms with E-state index in [0.29, 0.717) is 28.4 Å². The van der Waals surface area contributed by atoms with Crippen LogP contribution in [0.2, 0.25) is 0 Å². The highest BCUT2D eigenvalue weighted by atomic mass is 16.5. The van der Waals surface area contributed by atoms with E-state index in [9.17, 15) is 14.7 Å². The van der Waals surface area contributed by atoms with Gasteiger partial charge in [0.15, 0.2) is 11.5 Å². The van der Waals surface area contributed by atoms with Crippen LogP contribution in [0.25, 0.3) is 11.6 Å². The molecule has 0 bridgehead atoms. The Bertz CT molecular complexity index is 805. The van der Waals surface area contributed by atoms with Gasteiger partial charge in [-0.1, -0.05) is 18.2 Å². The molecule has 0 atom stereocenters. The molecule has 0 aliphatic rings. The van der Waals surface area contributed by atoms with Crippen LogP contribution in [0.4, 0.5) is 0 Å². The topological polar surface area (TPSA) is 82.1 Å². The third kappa shape index (κ3) is 4.60. The van der Waals surface area contributed by atoms with Crippen LogP contribution in [0.15, 0.2) is 42.5 Å². The summed E-state index contributed by atoms with van der Waals surface area (Å²) in [5.41, 5.74) is 1.24. The van der Waals surface area contributed by atoms with Crippen molar-refractivity contribution >= 4 is 23.6 Å². The lowest BCUT2D eigenvalue weighted by Crippen LogP contribution is -2.02. The van der Waals surface area contributed by atoms with E-state index in [-0.39, 0.29) is 5.57 Å². The number of hydrogen-bond donors (Lipinski definition) is 1. The molecule has 130 valence electrons. The molecule has 0 aliphatic carbocycles. The summed E-state index contributed by atoms with van der Waals surface area (Å²) < 4.78 is 15.3. The van der Waals surface area contributed by atoms with Crippen molar-refractivity contribution in [2.45, 2.75) is 6.92 Å². The second-order valence-electron chi connectivity index (χ2n) is 5.10. The van der Waals surface area contributed by atoms with Crippen molar-refractivity contribution in [3.63, 3.8) is 0 Å². The summed E-state index contributed by atoms with van der Waals surface area (Å²) in [5.74, 6) is -0.0948. The maximum absolute atomic E-state index is 11.6. The minimum Gasteiger partial charge on any atom is -0.493 e. The van der Waals surface area contributed by atoms with Crippen molar-refractivity contribution < 1.29 is 28.9 Å². The first-order valence-electron chi connectivity index (χ1n) is 7.40. The van der Waals surface area contributed by atoms with Gasteiger partial charge in [-0.2, -0.15) is 0 Å². The van der Waals surface area contributed by atoms with E-state index in [4.69, 9.17) is 14.2 Å². The number of carboxylic acids is 1. The standard InChI is InChI=1S/C19H18O6/c1-12(20)25-15-7-5-14(6-8-15)16(19(21)22)10-13-4-9-17(23-2)18(11-13)24-3/h4-11H,1-3H3,(H,21,22)/b16-10+. The monoisotopic (exact) mass is 342 g/mol. The van der Waals surface area contributed by atoms with Gasteiger partial charge in [-0.3, -0.25) is 4.79 Å². The third-order valence-electron chi connectivity index (χ3n) is 3.38. The summed E-state index contributed by atoms with van der Waals surface area (Å²) in [6.07, 6.45) is 1.53. The summed E-state index contributed by atoms with van der Waals surface area (Å²) in [6, 6.07) is 11.4. The van der Waals surface area contributed by atoms with Gasteiger partial charge in [0.25, 0.3) is 0 Å². The Morgan fingerprint density at radius 2 is 1.60 bits per heavy atom. The van der Waals surface area contributed by atoms with E-state index >= 15 is 0 Å². The quantitative estimate of drug-likeness (QED) is 0.375. The number of rotatable bonds is 6. The fourth-order valence-corrected chi connectivity index (χ4v) is 2.25. The van der Waals surface area contributed by atoms with E-state index in [1.807, 2.05) is 0 Å². The molecule has 2 aromatic carbocycles. The molecule has 0 heterocycles. The van der Waals surface area contributed by atoms with Crippen LogP contribution in [0.1, 0.15) is 18.1 Å². The molecule has 2 rings (SSSR count). The largest absolute Gasteiger partial charge is 0.493 e. The number of ether oxygens (including phenoxy) is 3. The van der Waals surface area contributed by atoms with E-state index in [2.05, 4.69) is 0 Å². The Morgan fingerprint density at radius 3 is 2.12 bits per heavy atom. The highest BCUT2D eigenvalue weighted by Crippen LogP contribution is 2.29. The maximum Gasteiger partial charge on any atom is 0.336 e. The zero-order valence-electron chi connectivity index (χ0n) is 14.1. The van der Waals surface area contributed by atoms with E-state index in [0.717, 1.165) is 0 Å². The zero-order chi connectivity index (χ0) is 18.4. The van der Waals surface area contributed by atoms with Crippen LogP contribution < -0.4 is 14.2 Å². The lowest BCUT2D eigenvalue weighted by molar-refractivity contribution is -0.132. The highest BCUT2D eigenvalue weighted by molar-refractivity contribution is 6.20. The van der Waals surface area contributed by atoms with Crippen LogP contribution in [0.5, 0.6) is 17.2 Å². The van der Waals surface area contributed by atoms with Crippen molar-refractivity contribution in [2.75, 3.05) is 14.2 Å². The molecule has 0 spiro atoms. The lowest BCUT2D eigenvalue weighted by Gasteiger charge is -2.09. The number of hydrogen-bond acceptors (Lipinski definition) is 5. The zero-order valence-corrected chi connectivity index (χ0v) is 14.1. The fraction of sp³-hybridized carbons (Fsp3) is 0.158. The van der Waals surface area contributed by atoms with Gasteiger partial charge in [-0.15, -0.1) is 0 Å². The molecule has 1 N–H and O–H groups in total. The predicted molar refractivity (Wildman–Crippen MR) is 92.8 cm³/mol. The number of carbonyl (C=O) groups is 2. The van der Waals surface area contributed by atoms with Crippen LogP contribution >= 0.6 is 0 Å². The van der Waals surface area contributed by atoms with E-state index < -0.39 is 11.9 Å². The van der Waals surface area contributed by atoms with E-state index in [1.54, 1.807) is 42.5 Å². The van der Waals surface area contributed by atoms with Crippen LogP contribution in [-0.4, -0.2) is 31.3 Å². The SMILES string of the molecule is COc1ccc(/C=C(/C(=O)O)c2ccc(OC(C)=O)cc2)cc1OC. The molecule has 0 unspecified atom stereocenters. The van der Waals surface area contributed by atoms with Crippen LogP contribution in [0.3, 0.4) is 0 Å². The first-order valence-corrected chi connectivity index (χ1v) is 7.40. The molecule has 0 aromatic heterocycles. The van der Waals surface area contributed by atoms with Gasteiger partial charge in [0.05, 0.1) is 19.8 Å². The van der Waals surface area contributed by atoms with Crippen molar-refractivity contribution in [3.8, 4) is 17.2 Å².